The van der Waals surface area contributed by atoms with Crippen LogP contribution in [-0.4, -0.2) is 67.6 Å². The van der Waals surface area contributed by atoms with Crippen molar-refractivity contribution in [2.45, 2.75) is 24.4 Å². The first-order valence-corrected chi connectivity index (χ1v) is 5.80. The van der Waals surface area contributed by atoms with Gasteiger partial charge in [0.05, 0.1) is 6.61 Å². The molecule has 1 rings (SSSR count). The summed E-state index contributed by atoms with van der Waals surface area (Å²) in [6, 6.07) is 5.35. The maximum absolute atomic E-state index is 11.6. The highest BCUT2D eigenvalue weighted by Crippen LogP contribution is 2.14. The lowest BCUT2D eigenvalue weighted by Gasteiger charge is -2.24. The molecular weight excluding hydrogens is 270 g/mol. The number of carbonyl (C=O) groups excluding carboxylic acids is 1. The minimum absolute atomic E-state index is 0.00919. The molecule has 0 saturated carbocycles. The van der Waals surface area contributed by atoms with Crippen molar-refractivity contribution in [3.63, 3.8) is 0 Å². The van der Waals surface area contributed by atoms with Crippen LogP contribution >= 0.6 is 0 Å². The van der Waals surface area contributed by atoms with Crippen LogP contribution < -0.4 is 5.32 Å². The van der Waals surface area contributed by atoms with Gasteiger partial charge in [0.1, 0.15) is 24.1 Å². The number of aliphatic hydroxyl groups is 5. The highest BCUT2D eigenvalue weighted by molar-refractivity contribution is 5.94. The number of rotatable bonds is 6. The van der Waals surface area contributed by atoms with Crippen molar-refractivity contribution in [3.8, 4) is 5.75 Å². The first-order chi connectivity index (χ1) is 9.36. The summed E-state index contributed by atoms with van der Waals surface area (Å²) in [5, 5.41) is 57.5. The Labute approximate surface area is 114 Å². The van der Waals surface area contributed by atoms with E-state index < -0.39 is 36.9 Å². The van der Waals surface area contributed by atoms with Crippen LogP contribution in [0.25, 0.3) is 0 Å². The molecule has 0 radical (unpaired) electrons. The number of amides is 1. The summed E-state index contributed by atoms with van der Waals surface area (Å²) >= 11 is 0. The summed E-state index contributed by atoms with van der Waals surface area (Å²) in [5.74, 6) is -1.02. The van der Waals surface area contributed by atoms with E-state index in [1.807, 2.05) is 0 Å². The van der Waals surface area contributed by atoms with Crippen LogP contribution in [-0.2, 0) is 4.79 Å². The van der Waals surface area contributed by atoms with E-state index in [1.54, 1.807) is 0 Å². The van der Waals surface area contributed by atoms with Crippen molar-refractivity contribution < 1.29 is 35.4 Å². The number of hydrogen-bond acceptors (Lipinski definition) is 7. The molecule has 0 fully saturated rings. The average Bonchev–Trinajstić information content (AvgIpc) is 2.46. The number of phenolic OH excluding ortho intramolecular Hbond substituents is 1. The fraction of sp³-hybridized carbons (Fsp3) is 0.417. The van der Waals surface area contributed by atoms with Crippen molar-refractivity contribution >= 4 is 11.6 Å². The van der Waals surface area contributed by atoms with Gasteiger partial charge in [0, 0.05) is 5.69 Å². The molecule has 4 atom stereocenters. The summed E-state index contributed by atoms with van der Waals surface area (Å²) in [5.41, 5.74) is 0.260. The molecule has 1 aromatic carbocycles. The molecule has 112 valence electrons. The molecule has 0 spiro atoms. The fourth-order valence-corrected chi connectivity index (χ4v) is 1.44. The smallest absolute Gasteiger partial charge is 0.256 e. The number of anilines is 1. The van der Waals surface area contributed by atoms with Gasteiger partial charge in [-0.15, -0.1) is 0 Å². The summed E-state index contributed by atoms with van der Waals surface area (Å²) < 4.78 is 0. The second kappa shape index (κ2) is 7.17. The molecule has 0 aromatic heterocycles. The van der Waals surface area contributed by atoms with E-state index in [0.29, 0.717) is 0 Å². The Morgan fingerprint density at radius 1 is 1.05 bits per heavy atom. The Bertz CT molecular complexity index is 436. The van der Waals surface area contributed by atoms with E-state index in [9.17, 15) is 20.1 Å². The highest BCUT2D eigenvalue weighted by atomic mass is 16.4. The van der Waals surface area contributed by atoms with Gasteiger partial charge in [-0.2, -0.15) is 0 Å². The van der Waals surface area contributed by atoms with E-state index in [-0.39, 0.29) is 11.4 Å². The molecule has 0 aliphatic carbocycles. The number of hydrogen-bond donors (Lipinski definition) is 7. The van der Waals surface area contributed by atoms with Gasteiger partial charge < -0.3 is 36.0 Å². The Kier molecular flexibility index (Phi) is 5.86. The topological polar surface area (TPSA) is 150 Å². The van der Waals surface area contributed by atoms with Gasteiger partial charge in [-0.05, 0) is 24.3 Å². The van der Waals surface area contributed by atoms with Crippen LogP contribution in [0.3, 0.4) is 0 Å². The largest absolute Gasteiger partial charge is 0.508 e. The van der Waals surface area contributed by atoms with Gasteiger partial charge >= 0.3 is 0 Å². The fourth-order valence-electron chi connectivity index (χ4n) is 1.44. The van der Waals surface area contributed by atoms with Gasteiger partial charge in [-0.25, -0.2) is 0 Å². The lowest BCUT2D eigenvalue weighted by Crippen LogP contribution is -2.50. The zero-order valence-electron chi connectivity index (χ0n) is 10.4. The van der Waals surface area contributed by atoms with Crippen LogP contribution in [0.5, 0.6) is 5.75 Å². The molecule has 0 unspecified atom stereocenters. The standard InChI is InChI=1S/C12H17NO7/c14-5-8(16)9(17)10(18)11(19)12(20)13-6-1-3-7(15)4-2-6/h1-4,8-11,14-19H,5H2,(H,13,20)/t8-,9-,10-,11+/m1/s1. The molecule has 1 amide bonds. The number of benzene rings is 1. The maximum atomic E-state index is 11.6. The molecule has 8 heteroatoms. The third-order valence-corrected chi connectivity index (χ3v) is 2.66. The number of nitrogens with one attached hydrogen (secondary N) is 1. The Hall–Kier alpha value is -1.71. The van der Waals surface area contributed by atoms with E-state index >= 15 is 0 Å². The summed E-state index contributed by atoms with van der Waals surface area (Å²) in [6.07, 6.45) is -7.52. The van der Waals surface area contributed by atoms with Gasteiger partial charge in [-0.3, -0.25) is 4.79 Å². The zero-order valence-corrected chi connectivity index (χ0v) is 10.4. The second-order valence-electron chi connectivity index (χ2n) is 4.21. The van der Waals surface area contributed by atoms with Gasteiger partial charge in [0.2, 0.25) is 0 Å². The minimum atomic E-state index is -2.00. The Balaban J connectivity index is 2.64. The van der Waals surface area contributed by atoms with Gasteiger partial charge in [0.25, 0.3) is 5.91 Å². The van der Waals surface area contributed by atoms with Crippen LogP contribution in [0.15, 0.2) is 24.3 Å². The normalized spacial score (nSPS) is 17.1. The predicted molar refractivity (Wildman–Crippen MR) is 67.8 cm³/mol. The third-order valence-electron chi connectivity index (χ3n) is 2.66. The quantitative estimate of drug-likeness (QED) is 0.292. The van der Waals surface area contributed by atoms with Gasteiger partial charge in [-0.1, -0.05) is 0 Å². The van der Waals surface area contributed by atoms with Crippen molar-refractivity contribution in [3.05, 3.63) is 24.3 Å². The summed E-state index contributed by atoms with van der Waals surface area (Å²) in [6.45, 7) is -0.829. The first-order valence-electron chi connectivity index (χ1n) is 5.80. The summed E-state index contributed by atoms with van der Waals surface area (Å²) in [4.78, 5) is 11.6. The molecule has 20 heavy (non-hydrogen) atoms. The van der Waals surface area contributed by atoms with Crippen LogP contribution in [0.2, 0.25) is 0 Å². The van der Waals surface area contributed by atoms with E-state index in [4.69, 9.17) is 15.3 Å². The number of phenols is 1. The molecule has 0 bridgehead atoms. The maximum Gasteiger partial charge on any atom is 0.256 e. The molecular formula is C12H17NO7. The van der Waals surface area contributed by atoms with Gasteiger partial charge in [0.15, 0.2) is 6.10 Å². The molecule has 0 heterocycles. The second-order valence-corrected chi connectivity index (χ2v) is 4.21. The zero-order chi connectivity index (χ0) is 15.3. The lowest BCUT2D eigenvalue weighted by molar-refractivity contribution is -0.144. The predicted octanol–water partition coefficient (Wildman–Crippen LogP) is -2.23. The van der Waals surface area contributed by atoms with Crippen LogP contribution in [0.4, 0.5) is 5.69 Å². The molecule has 7 N–H and O–H groups in total. The van der Waals surface area contributed by atoms with E-state index in [0.717, 1.165) is 0 Å². The lowest BCUT2D eigenvalue weighted by atomic mass is 10.0. The first kappa shape index (κ1) is 16.3. The van der Waals surface area contributed by atoms with E-state index in [1.165, 1.54) is 24.3 Å². The van der Waals surface area contributed by atoms with Crippen molar-refractivity contribution in [1.29, 1.82) is 0 Å². The monoisotopic (exact) mass is 287 g/mol. The Morgan fingerprint density at radius 3 is 2.10 bits per heavy atom. The molecule has 0 saturated heterocycles. The molecule has 0 aliphatic rings. The van der Waals surface area contributed by atoms with Crippen LogP contribution in [0.1, 0.15) is 0 Å². The van der Waals surface area contributed by atoms with Crippen molar-refractivity contribution in [2.75, 3.05) is 11.9 Å². The molecule has 8 nitrogen and oxygen atoms in total. The SMILES string of the molecule is O=C(Nc1ccc(O)cc1)[C@@H](O)[C@H](O)[C@H](O)[C@H](O)CO. The van der Waals surface area contributed by atoms with E-state index in [2.05, 4.69) is 5.32 Å². The number of aliphatic hydroxyl groups excluding tert-OH is 5. The molecule has 1 aromatic rings. The van der Waals surface area contributed by atoms with Crippen molar-refractivity contribution in [2.24, 2.45) is 0 Å². The number of aromatic hydroxyl groups is 1. The number of carbonyl (C=O) groups is 1. The molecule has 0 aliphatic heterocycles. The summed E-state index contributed by atoms with van der Waals surface area (Å²) in [7, 11) is 0. The van der Waals surface area contributed by atoms with Crippen molar-refractivity contribution in [1.82, 2.24) is 0 Å². The third kappa shape index (κ3) is 4.15. The minimum Gasteiger partial charge on any atom is -0.508 e. The highest BCUT2D eigenvalue weighted by Gasteiger charge is 2.34. The Morgan fingerprint density at radius 2 is 1.60 bits per heavy atom. The average molecular weight is 287 g/mol. The van der Waals surface area contributed by atoms with Crippen LogP contribution in [0, 0.1) is 0 Å².